The van der Waals surface area contributed by atoms with Gasteiger partial charge in [0.1, 0.15) is 23.1 Å². The van der Waals surface area contributed by atoms with Crippen molar-refractivity contribution in [1.82, 2.24) is 0 Å². The molecule has 1 heterocycles. The molecule has 0 aromatic heterocycles. The molecule has 5 nitrogen and oxygen atoms in total. The first-order valence-corrected chi connectivity index (χ1v) is 9.97. The molecule has 0 bridgehead atoms. The number of nitrogens with two attached hydrogens (primary N) is 1. The number of nitrogens with zero attached hydrogens (tertiary/aromatic N) is 2. The highest BCUT2D eigenvalue weighted by Gasteiger charge is 2.32. The fraction of sp³-hybridized carbons (Fsp3) is 0.0833. The Labute approximate surface area is 191 Å². The molecule has 3 N–H and O–H groups in total. The summed E-state index contributed by atoms with van der Waals surface area (Å²) in [6.07, 6.45) is -3.35. The van der Waals surface area contributed by atoms with Crippen LogP contribution in [-0.4, -0.2) is 11.3 Å². The number of allylic oxidation sites excluding steroid dienone is 1. The van der Waals surface area contributed by atoms with Gasteiger partial charge in [-0.3, -0.25) is 4.99 Å². The van der Waals surface area contributed by atoms with E-state index in [-0.39, 0.29) is 39.2 Å². The molecule has 3 aromatic rings. The Morgan fingerprint density at radius 2 is 1.85 bits per heavy atom. The molecule has 4 rings (SSSR count). The number of nitriles is 1. The van der Waals surface area contributed by atoms with Gasteiger partial charge in [-0.2, -0.15) is 18.4 Å². The van der Waals surface area contributed by atoms with Crippen LogP contribution in [0.3, 0.4) is 0 Å². The van der Waals surface area contributed by atoms with E-state index in [0.717, 1.165) is 23.8 Å². The lowest BCUT2D eigenvalue weighted by Gasteiger charge is -2.27. The summed E-state index contributed by atoms with van der Waals surface area (Å²) in [5.74, 6) is -0.618. The SMILES string of the molecule is N#CC1=C(N)Oc2cc(O)c(C=Nc3cc(C(F)(F)F)ccc3Cl)cc2[C@@H]1c1ccccc1. The van der Waals surface area contributed by atoms with Gasteiger partial charge in [0, 0.05) is 23.4 Å². The molecule has 0 fully saturated rings. The lowest BCUT2D eigenvalue weighted by atomic mass is 9.83. The van der Waals surface area contributed by atoms with E-state index in [2.05, 4.69) is 11.1 Å². The van der Waals surface area contributed by atoms with Crippen LogP contribution in [0.4, 0.5) is 18.9 Å². The molecule has 1 aliphatic heterocycles. The minimum Gasteiger partial charge on any atom is -0.507 e. The van der Waals surface area contributed by atoms with Crippen molar-refractivity contribution in [3.05, 3.63) is 99.4 Å². The number of benzene rings is 3. The molecule has 166 valence electrons. The highest BCUT2D eigenvalue weighted by molar-refractivity contribution is 6.33. The summed E-state index contributed by atoms with van der Waals surface area (Å²) in [4.78, 5) is 4.05. The number of phenolic OH excluding ortho intramolecular Hbond substituents is 1. The van der Waals surface area contributed by atoms with Gasteiger partial charge in [-0.15, -0.1) is 0 Å². The van der Waals surface area contributed by atoms with Crippen molar-refractivity contribution in [2.45, 2.75) is 12.1 Å². The smallest absolute Gasteiger partial charge is 0.416 e. The minimum atomic E-state index is -4.55. The Balaban J connectivity index is 1.80. The normalized spacial score (nSPS) is 15.8. The molecule has 0 saturated heterocycles. The number of halogens is 4. The summed E-state index contributed by atoms with van der Waals surface area (Å²) in [7, 11) is 0. The fourth-order valence-corrected chi connectivity index (χ4v) is 3.70. The molecule has 0 aliphatic carbocycles. The molecule has 0 unspecified atom stereocenters. The first-order valence-electron chi connectivity index (χ1n) is 9.59. The predicted octanol–water partition coefficient (Wildman–Crippen LogP) is 6.03. The number of hydrogen-bond acceptors (Lipinski definition) is 5. The summed E-state index contributed by atoms with van der Waals surface area (Å²) in [6.45, 7) is 0. The van der Waals surface area contributed by atoms with Gasteiger partial charge in [0.2, 0.25) is 5.88 Å². The zero-order valence-corrected chi connectivity index (χ0v) is 17.5. The van der Waals surface area contributed by atoms with Gasteiger partial charge >= 0.3 is 6.18 Å². The highest BCUT2D eigenvalue weighted by Crippen LogP contribution is 2.44. The first-order chi connectivity index (χ1) is 15.7. The standard InChI is InChI=1S/C24H15ClF3N3O2/c25-18-7-6-15(24(26,27)28)9-19(18)31-12-14-8-16-21(10-20(14)32)33-23(30)17(11-29)22(16)13-4-2-1-3-5-13/h1-10,12,22,32H,30H2/t22-/m0/s1. The average Bonchev–Trinajstić information content (AvgIpc) is 2.77. The summed E-state index contributed by atoms with van der Waals surface area (Å²) < 4.78 is 44.6. The third-order valence-corrected chi connectivity index (χ3v) is 5.43. The van der Waals surface area contributed by atoms with Crippen molar-refractivity contribution in [1.29, 1.82) is 5.26 Å². The van der Waals surface area contributed by atoms with E-state index in [0.29, 0.717) is 5.56 Å². The molecule has 1 aliphatic rings. The van der Waals surface area contributed by atoms with Crippen LogP contribution in [-0.2, 0) is 6.18 Å². The summed E-state index contributed by atoms with van der Waals surface area (Å²) in [5, 5.41) is 20.1. The van der Waals surface area contributed by atoms with Crippen LogP contribution in [0.25, 0.3) is 0 Å². The lowest BCUT2D eigenvalue weighted by Crippen LogP contribution is -2.21. The van der Waals surface area contributed by atoms with Gasteiger partial charge in [0.15, 0.2) is 0 Å². The summed E-state index contributed by atoms with van der Waals surface area (Å²) in [6, 6.07) is 16.8. The van der Waals surface area contributed by atoms with Gasteiger partial charge in [0.05, 0.1) is 22.2 Å². The molecule has 0 radical (unpaired) electrons. The highest BCUT2D eigenvalue weighted by atomic mass is 35.5. The van der Waals surface area contributed by atoms with Crippen molar-refractivity contribution >= 4 is 23.5 Å². The van der Waals surface area contributed by atoms with E-state index < -0.39 is 17.7 Å². The second-order valence-corrected chi connectivity index (χ2v) is 7.61. The minimum absolute atomic E-state index is 0.0182. The van der Waals surface area contributed by atoms with E-state index >= 15 is 0 Å². The Kier molecular flexibility index (Phi) is 5.75. The number of aromatic hydroxyl groups is 1. The van der Waals surface area contributed by atoms with E-state index in [4.69, 9.17) is 22.1 Å². The largest absolute Gasteiger partial charge is 0.507 e. The maximum Gasteiger partial charge on any atom is 0.416 e. The maximum absolute atomic E-state index is 13.0. The molecule has 3 aromatic carbocycles. The van der Waals surface area contributed by atoms with E-state index in [9.17, 15) is 23.5 Å². The predicted molar refractivity (Wildman–Crippen MR) is 118 cm³/mol. The van der Waals surface area contributed by atoms with Crippen molar-refractivity contribution in [2.75, 3.05) is 0 Å². The summed E-state index contributed by atoms with van der Waals surface area (Å²) in [5.41, 5.74) is 6.65. The van der Waals surface area contributed by atoms with Gasteiger partial charge in [0.25, 0.3) is 0 Å². The lowest BCUT2D eigenvalue weighted by molar-refractivity contribution is -0.137. The van der Waals surface area contributed by atoms with E-state index in [1.807, 2.05) is 30.3 Å². The van der Waals surface area contributed by atoms with Crippen LogP contribution < -0.4 is 10.5 Å². The molecular formula is C24H15ClF3N3O2. The first kappa shape index (κ1) is 22.2. The third-order valence-electron chi connectivity index (χ3n) is 5.11. The summed E-state index contributed by atoms with van der Waals surface area (Å²) >= 11 is 6.01. The molecule has 33 heavy (non-hydrogen) atoms. The molecule has 0 amide bonds. The quantitative estimate of drug-likeness (QED) is 0.458. The number of phenols is 1. The Bertz CT molecular complexity index is 1330. The van der Waals surface area contributed by atoms with Gasteiger partial charge in [-0.25, -0.2) is 0 Å². The van der Waals surface area contributed by atoms with Crippen molar-refractivity contribution in [3.63, 3.8) is 0 Å². The number of aliphatic imine (C=N–C) groups is 1. The van der Waals surface area contributed by atoms with Crippen molar-refractivity contribution in [2.24, 2.45) is 10.7 Å². The zero-order chi connectivity index (χ0) is 23.8. The number of hydrogen-bond donors (Lipinski definition) is 2. The molecule has 0 saturated carbocycles. The van der Waals surface area contributed by atoms with Crippen LogP contribution in [0, 0.1) is 11.3 Å². The van der Waals surface area contributed by atoms with E-state index in [1.165, 1.54) is 12.3 Å². The molecule has 9 heteroatoms. The number of ether oxygens (including phenoxy) is 1. The van der Waals surface area contributed by atoms with Gasteiger partial charge in [-0.05, 0) is 29.8 Å². The van der Waals surface area contributed by atoms with Gasteiger partial charge in [-0.1, -0.05) is 41.9 Å². The number of rotatable bonds is 3. The van der Waals surface area contributed by atoms with Gasteiger partial charge < -0.3 is 15.6 Å². The van der Waals surface area contributed by atoms with Crippen LogP contribution in [0.5, 0.6) is 11.5 Å². The monoisotopic (exact) mass is 469 g/mol. The maximum atomic E-state index is 13.0. The second kappa shape index (κ2) is 8.52. The average molecular weight is 470 g/mol. The Hall–Kier alpha value is -3.96. The zero-order valence-electron chi connectivity index (χ0n) is 16.8. The number of alkyl halides is 3. The van der Waals surface area contributed by atoms with Crippen LogP contribution in [0.15, 0.2) is 77.1 Å². The van der Waals surface area contributed by atoms with E-state index in [1.54, 1.807) is 6.07 Å². The Morgan fingerprint density at radius 1 is 1.12 bits per heavy atom. The Morgan fingerprint density at radius 3 is 2.52 bits per heavy atom. The third kappa shape index (κ3) is 4.36. The second-order valence-electron chi connectivity index (χ2n) is 7.21. The van der Waals surface area contributed by atoms with Crippen LogP contribution in [0.2, 0.25) is 5.02 Å². The fourth-order valence-electron chi connectivity index (χ4n) is 3.53. The number of fused-ring (bicyclic) bond motifs is 1. The van der Waals surface area contributed by atoms with Crippen molar-refractivity contribution < 1.29 is 23.0 Å². The molecule has 1 atom stereocenters. The molecule has 0 spiro atoms. The van der Waals surface area contributed by atoms with Crippen LogP contribution in [0.1, 0.15) is 28.2 Å². The van der Waals surface area contributed by atoms with Crippen LogP contribution >= 0.6 is 11.6 Å². The molecular weight excluding hydrogens is 455 g/mol. The van der Waals surface area contributed by atoms with Crippen molar-refractivity contribution in [3.8, 4) is 17.6 Å². The topological polar surface area (TPSA) is 91.6 Å².